The molecule has 0 amide bonds. The Bertz CT molecular complexity index is 1390. The van der Waals surface area contributed by atoms with Gasteiger partial charge in [0.15, 0.2) is 4.80 Å². The van der Waals surface area contributed by atoms with E-state index < -0.39 is 12.0 Å². The number of carbonyl (C=O) groups excluding carboxylic acids is 1. The average Bonchev–Trinajstić information content (AvgIpc) is 3.37. The molecule has 1 aliphatic rings. The Labute approximate surface area is 195 Å². The Morgan fingerprint density at radius 3 is 2.55 bits per heavy atom. The van der Waals surface area contributed by atoms with Crippen LogP contribution < -0.4 is 19.8 Å². The molecule has 33 heavy (non-hydrogen) atoms. The minimum Gasteiger partial charge on any atom is -0.463 e. The highest BCUT2D eigenvalue weighted by atomic mass is 32.1. The molecule has 0 radical (unpaired) electrons. The summed E-state index contributed by atoms with van der Waals surface area (Å²) in [4.78, 5) is 33.6. The predicted octanol–water partition coefficient (Wildman–Crippen LogP) is 2.08. The van der Waals surface area contributed by atoms with Crippen molar-refractivity contribution in [3.05, 3.63) is 78.7 Å². The van der Waals surface area contributed by atoms with Gasteiger partial charge < -0.3 is 9.64 Å². The predicted molar refractivity (Wildman–Crippen MR) is 129 cm³/mol. The minimum atomic E-state index is -0.619. The molecule has 1 aliphatic heterocycles. The van der Waals surface area contributed by atoms with Crippen molar-refractivity contribution < 1.29 is 9.53 Å². The second-order valence-corrected chi connectivity index (χ2v) is 8.89. The Kier molecular flexibility index (Phi) is 6.33. The van der Waals surface area contributed by atoms with Crippen molar-refractivity contribution in [2.45, 2.75) is 33.4 Å². The number of aromatic nitrogens is 3. The van der Waals surface area contributed by atoms with Crippen LogP contribution in [-0.2, 0) is 16.1 Å². The molecule has 0 saturated carbocycles. The average molecular weight is 466 g/mol. The van der Waals surface area contributed by atoms with Crippen molar-refractivity contribution in [3.63, 3.8) is 0 Å². The standard InChI is InChI=1S/C24H27N5O3S/c1-6-28-13-12-17(26-28)14-19-22(30)29-21(16-8-10-18(11-9-16)27(4)5)20(23(31)32-7-2)15(3)25-24(29)33-19/h8-14,21H,6-7H2,1-5H3/b19-14+. The Morgan fingerprint density at radius 1 is 1.21 bits per heavy atom. The molecule has 3 aromatic rings. The molecule has 172 valence electrons. The topological polar surface area (TPSA) is 81.7 Å². The van der Waals surface area contributed by atoms with Gasteiger partial charge in [0.2, 0.25) is 0 Å². The van der Waals surface area contributed by atoms with Crippen molar-refractivity contribution in [3.8, 4) is 0 Å². The van der Waals surface area contributed by atoms with Crippen molar-refractivity contribution in [2.24, 2.45) is 4.99 Å². The van der Waals surface area contributed by atoms with Gasteiger partial charge in [-0.15, -0.1) is 0 Å². The Balaban J connectivity index is 1.91. The number of hydrogen-bond acceptors (Lipinski definition) is 7. The summed E-state index contributed by atoms with van der Waals surface area (Å²) < 4.78 is 9.26. The molecule has 0 aliphatic carbocycles. The molecule has 1 unspecified atom stereocenters. The van der Waals surface area contributed by atoms with Crippen LogP contribution in [0.5, 0.6) is 0 Å². The fraction of sp³-hybridized carbons (Fsp3) is 0.333. The van der Waals surface area contributed by atoms with Crippen molar-refractivity contribution in [2.75, 3.05) is 25.6 Å². The molecule has 0 bridgehead atoms. The minimum absolute atomic E-state index is 0.208. The third kappa shape index (κ3) is 4.28. The lowest BCUT2D eigenvalue weighted by molar-refractivity contribution is -0.139. The van der Waals surface area contributed by atoms with E-state index in [1.807, 2.05) is 62.4 Å². The van der Waals surface area contributed by atoms with Crippen molar-refractivity contribution in [1.29, 1.82) is 0 Å². The van der Waals surface area contributed by atoms with Gasteiger partial charge in [-0.3, -0.25) is 14.0 Å². The summed E-state index contributed by atoms with van der Waals surface area (Å²) in [6, 6.07) is 9.08. The first kappa shape index (κ1) is 22.7. The number of thiazole rings is 1. The maximum Gasteiger partial charge on any atom is 0.338 e. The number of ether oxygens (including phenoxy) is 1. The molecule has 1 atom stereocenters. The monoisotopic (exact) mass is 465 g/mol. The molecule has 0 N–H and O–H groups in total. The summed E-state index contributed by atoms with van der Waals surface area (Å²) in [6.45, 7) is 6.55. The van der Waals surface area contributed by atoms with E-state index in [1.165, 1.54) is 11.3 Å². The molecular formula is C24H27N5O3S. The first-order chi connectivity index (χ1) is 15.8. The van der Waals surface area contributed by atoms with E-state index in [9.17, 15) is 9.59 Å². The molecule has 2 aromatic heterocycles. The maximum atomic E-state index is 13.6. The molecule has 1 aromatic carbocycles. The van der Waals surface area contributed by atoms with Crippen LogP contribution in [-0.4, -0.2) is 41.0 Å². The van der Waals surface area contributed by atoms with E-state index in [-0.39, 0.29) is 12.2 Å². The number of nitrogens with zero attached hydrogens (tertiary/aromatic N) is 5. The largest absolute Gasteiger partial charge is 0.463 e. The van der Waals surface area contributed by atoms with Gasteiger partial charge >= 0.3 is 5.97 Å². The maximum absolute atomic E-state index is 13.6. The van der Waals surface area contributed by atoms with Gasteiger partial charge in [0.1, 0.15) is 0 Å². The lowest BCUT2D eigenvalue weighted by atomic mass is 9.95. The summed E-state index contributed by atoms with van der Waals surface area (Å²) in [5, 5.41) is 4.46. The quantitative estimate of drug-likeness (QED) is 0.521. The second kappa shape index (κ2) is 9.19. The molecule has 9 heteroatoms. The van der Waals surface area contributed by atoms with Gasteiger partial charge in [0.25, 0.3) is 5.56 Å². The third-order valence-corrected chi connectivity index (χ3v) is 6.49. The van der Waals surface area contributed by atoms with E-state index in [4.69, 9.17) is 4.74 Å². The number of anilines is 1. The SMILES string of the molecule is CCOC(=O)C1=C(C)N=c2s/c(=C/c3ccn(CC)n3)c(=O)n2C1c1ccc(N(C)C)cc1. The number of aryl methyl sites for hydroxylation is 1. The number of hydrogen-bond donors (Lipinski definition) is 0. The summed E-state index contributed by atoms with van der Waals surface area (Å²) in [7, 11) is 3.93. The summed E-state index contributed by atoms with van der Waals surface area (Å²) in [5.74, 6) is -0.462. The molecule has 3 heterocycles. The Morgan fingerprint density at radius 2 is 1.94 bits per heavy atom. The van der Waals surface area contributed by atoms with Gasteiger partial charge in [-0.05, 0) is 50.6 Å². The highest BCUT2D eigenvalue weighted by Crippen LogP contribution is 2.31. The molecule has 4 rings (SSSR count). The van der Waals surface area contributed by atoms with Crippen molar-refractivity contribution >= 4 is 29.1 Å². The normalized spacial score (nSPS) is 15.9. The van der Waals surface area contributed by atoms with Gasteiger partial charge in [0.05, 0.1) is 34.1 Å². The van der Waals surface area contributed by atoms with Gasteiger partial charge in [-0.1, -0.05) is 23.5 Å². The zero-order chi connectivity index (χ0) is 23.7. The van der Waals surface area contributed by atoms with Crippen LogP contribution in [0.1, 0.15) is 38.1 Å². The zero-order valence-electron chi connectivity index (χ0n) is 19.4. The smallest absolute Gasteiger partial charge is 0.338 e. The molecule has 0 saturated heterocycles. The summed E-state index contributed by atoms with van der Waals surface area (Å²) in [5.41, 5.74) is 3.27. The highest BCUT2D eigenvalue weighted by molar-refractivity contribution is 7.07. The number of esters is 1. The van der Waals surface area contributed by atoms with E-state index in [0.717, 1.165) is 17.8 Å². The van der Waals surface area contributed by atoms with Crippen LogP contribution in [0.15, 0.2) is 57.6 Å². The van der Waals surface area contributed by atoms with Crippen molar-refractivity contribution in [1.82, 2.24) is 14.3 Å². The third-order valence-electron chi connectivity index (χ3n) is 5.51. The lowest BCUT2D eigenvalue weighted by Gasteiger charge is -2.25. The number of carbonyl (C=O) groups is 1. The van der Waals surface area contributed by atoms with Crippen LogP contribution in [0.25, 0.3) is 6.08 Å². The number of rotatable bonds is 6. The van der Waals surface area contributed by atoms with Crippen LogP contribution in [0.2, 0.25) is 0 Å². The molecule has 8 nitrogen and oxygen atoms in total. The first-order valence-electron chi connectivity index (χ1n) is 10.8. The summed E-state index contributed by atoms with van der Waals surface area (Å²) >= 11 is 1.30. The fourth-order valence-electron chi connectivity index (χ4n) is 3.83. The summed E-state index contributed by atoms with van der Waals surface area (Å²) in [6.07, 6.45) is 3.65. The van der Waals surface area contributed by atoms with E-state index in [1.54, 1.807) is 29.2 Å². The lowest BCUT2D eigenvalue weighted by Crippen LogP contribution is -2.40. The number of allylic oxidation sites excluding steroid dienone is 1. The molecule has 0 fully saturated rings. The van der Waals surface area contributed by atoms with Gasteiger partial charge in [0, 0.05) is 32.5 Å². The zero-order valence-corrected chi connectivity index (χ0v) is 20.2. The van der Waals surface area contributed by atoms with Crippen LogP contribution in [0.3, 0.4) is 0 Å². The molecular weight excluding hydrogens is 438 g/mol. The van der Waals surface area contributed by atoms with E-state index in [0.29, 0.717) is 26.3 Å². The molecule has 0 spiro atoms. The van der Waals surface area contributed by atoms with Crippen LogP contribution in [0, 0.1) is 0 Å². The Hall–Kier alpha value is -3.46. The fourth-order valence-corrected chi connectivity index (χ4v) is 4.86. The van der Waals surface area contributed by atoms with E-state index >= 15 is 0 Å². The first-order valence-corrected chi connectivity index (χ1v) is 11.7. The van der Waals surface area contributed by atoms with E-state index in [2.05, 4.69) is 10.1 Å². The second-order valence-electron chi connectivity index (χ2n) is 7.88. The van der Waals surface area contributed by atoms with Crippen LogP contribution in [0.4, 0.5) is 5.69 Å². The number of fused-ring (bicyclic) bond motifs is 1. The number of benzene rings is 1. The van der Waals surface area contributed by atoms with Gasteiger partial charge in [-0.25, -0.2) is 9.79 Å². The van der Waals surface area contributed by atoms with Gasteiger partial charge in [-0.2, -0.15) is 5.10 Å². The highest BCUT2D eigenvalue weighted by Gasteiger charge is 2.33. The van der Waals surface area contributed by atoms with Crippen LogP contribution >= 0.6 is 11.3 Å².